The molecule has 0 fully saturated rings. The van der Waals surface area contributed by atoms with Gasteiger partial charge in [0.15, 0.2) is 26.8 Å². The van der Waals surface area contributed by atoms with Gasteiger partial charge in [-0.3, -0.25) is 9.59 Å². The van der Waals surface area contributed by atoms with Crippen LogP contribution in [-0.2, 0) is 9.59 Å². The molecule has 0 rings (SSSR count). The molecule has 0 aliphatic rings. The molecule has 0 spiro atoms. The lowest BCUT2D eigenvalue weighted by atomic mass is 10.1. The highest BCUT2D eigenvalue weighted by atomic mass is 16.3. The van der Waals surface area contributed by atoms with Crippen molar-refractivity contribution in [2.75, 3.05) is 26.8 Å². The van der Waals surface area contributed by atoms with Gasteiger partial charge in [-0.25, -0.2) is 4.48 Å². The van der Waals surface area contributed by atoms with Crippen LogP contribution < -0.4 is 10.6 Å². The lowest BCUT2D eigenvalue weighted by molar-refractivity contribution is -0.964. The van der Waals surface area contributed by atoms with Crippen LogP contribution in [0.1, 0.15) is 64.2 Å². The van der Waals surface area contributed by atoms with Crippen molar-refractivity contribution in [3.05, 3.63) is 25.3 Å². The standard InChI is InChI=1S/C20H37N3O4/c1-3-5-7-9-11-13-19(26)21-15-23(17-24,18-25)16-22-20(27)14-12-10-8-6-4-2/h3-4,24-25H,1-2,5-18H2,(H-,21,22,26,27)/p+1. The van der Waals surface area contributed by atoms with Crippen LogP contribution in [0.4, 0.5) is 0 Å². The number of carbonyl (C=O) groups is 2. The fraction of sp³-hybridized carbons (Fsp3) is 0.700. The van der Waals surface area contributed by atoms with E-state index in [2.05, 4.69) is 23.8 Å². The summed E-state index contributed by atoms with van der Waals surface area (Å²) in [6.45, 7) is 6.71. The quantitative estimate of drug-likeness (QED) is 0.126. The smallest absolute Gasteiger partial charge is 0.224 e. The van der Waals surface area contributed by atoms with Crippen molar-refractivity contribution in [3.8, 4) is 0 Å². The minimum absolute atomic E-state index is 0.0676. The minimum Gasteiger partial charge on any atom is -0.347 e. The van der Waals surface area contributed by atoms with Gasteiger partial charge in [-0.1, -0.05) is 25.0 Å². The van der Waals surface area contributed by atoms with Crippen molar-refractivity contribution in [2.24, 2.45) is 0 Å². The van der Waals surface area contributed by atoms with E-state index in [0.29, 0.717) is 12.8 Å². The first-order chi connectivity index (χ1) is 13.0. The molecular weight excluding hydrogens is 346 g/mol. The summed E-state index contributed by atoms with van der Waals surface area (Å²) < 4.78 is -0.218. The Bertz CT molecular complexity index is 401. The van der Waals surface area contributed by atoms with Crippen molar-refractivity contribution < 1.29 is 24.3 Å². The third-order valence-corrected chi connectivity index (χ3v) is 4.45. The van der Waals surface area contributed by atoms with Crippen LogP contribution in [0.3, 0.4) is 0 Å². The maximum Gasteiger partial charge on any atom is 0.224 e. The molecular formula is C20H38N3O4+. The molecule has 2 amide bonds. The summed E-state index contributed by atoms with van der Waals surface area (Å²) >= 11 is 0. The molecule has 156 valence electrons. The molecule has 0 saturated heterocycles. The summed E-state index contributed by atoms with van der Waals surface area (Å²) in [5.74, 6) is -0.238. The SMILES string of the molecule is C=CCCCCCC(=O)NC[N+](CO)(CO)CNC(=O)CCCCCC=C. The van der Waals surface area contributed by atoms with E-state index in [1.807, 2.05) is 12.2 Å². The normalized spacial score (nSPS) is 11.0. The van der Waals surface area contributed by atoms with Crippen LogP contribution in [0.2, 0.25) is 0 Å². The molecule has 0 aromatic carbocycles. The van der Waals surface area contributed by atoms with E-state index in [9.17, 15) is 19.8 Å². The molecule has 0 radical (unpaired) electrons. The summed E-state index contributed by atoms with van der Waals surface area (Å²) in [5.41, 5.74) is 0. The van der Waals surface area contributed by atoms with Crippen molar-refractivity contribution >= 4 is 11.8 Å². The topological polar surface area (TPSA) is 98.7 Å². The molecule has 0 aliphatic heterocycles. The number of aliphatic hydroxyl groups is 2. The van der Waals surface area contributed by atoms with Gasteiger partial charge >= 0.3 is 0 Å². The molecule has 0 bridgehead atoms. The second kappa shape index (κ2) is 16.5. The van der Waals surface area contributed by atoms with Gasteiger partial charge in [-0.05, 0) is 38.5 Å². The number of nitrogens with zero attached hydrogens (tertiary/aromatic N) is 1. The van der Waals surface area contributed by atoms with Gasteiger partial charge in [0.05, 0.1) is 0 Å². The Morgan fingerprint density at radius 2 is 1.15 bits per heavy atom. The molecule has 0 aliphatic carbocycles. The van der Waals surface area contributed by atoms with Crippen molar-refractivity contribution in [1.82, 2.24) is 10.6 Å². The zero-order valence-electron chi connectivity index (χ0n) is 16.6. The number of quaternary nitrogens is 1. The molecule has 0 aromatic heterocycles. The van der Waals surface area contributed by atoms with E-state index in [4.69, 9.17) is 0 Å². The monoisotopic (exact) mass is 384 g/mol. The summed E-state index contributed by atoms with van der Waals surface area (Å²) in [5, 5.41) is 24.8. The van der Waals surface area contributed by atoms with Gasteiger partial charge < -0.3 is 20.8 Å². The van der Waals surface area contributed by atoms with Gasteiger partial charge in [0.1, 0.15) is 0 Å². The van der Waals surface area contributed by atoms with Crippen LogP contribution >= 0.6 is 0 Å². The maximum atomic E-state index is 11.9. The molecule has 0 aromatic rings. The number of aliphatic hydroxyl groups excluding tert-OH is 2. The molecule has 4 N–H and O–H groups in total. The number of amides is 2. The Kier molecular flexibility index (Phi) is 15.4. The molecule has 7 heteroatoms. The van der Waals surface area contributed by atoms with Crippen LogP contribution in [0.5, 0.6) is 0 Å². The summed E-state index contributed by atoms with van der Waals surface area (Å²) in [6.07, 6.45) is 12.0. The first kappa shape index (κ1) is 25.3. The lowest BCUT2D eigenvalue weighted by Gasteiger charge is -2.34. The summed E-state index contributed by atoms with van der Waals surface area (Å²) in [7, 11) is 0. The Morgan fingerprint density at radius 1 is 0.741 bits per heavy atom. The second-order valence-corrected chi connectivity index (χ2v) is 6.92. The first-order valence-electron chi connectivity index (χ1n) is 9.85. The van der Waals surface area contributed by atoms with Crippen LogP contribution in [-0.4, -0.2) is 53.3 Å². The number of rotatable bonds is 18. The zero-order chi connectivity index (χ0) is 20.4. The second-order valence-electron chi connectivity index (χ2n) is 6.92. The fourth-order valence-corrected chi connectivity index (χ4v) is 2.49. The van der Waals surface area contributed by atoms with Gasteiger partial charge in [-0.15, -0.1) is 13.2 Å². The number of nitrogens with one attached hydrogen (secondary N) is 2. The first-order valence-corrected chi connectivity index (χ1v) is 9.85. The largest absolute Gasteiger partial charge is 0.347 e. The average molecular weight is 385 g/mol. The van der Waals surface area contributed by atoms with E-state index in [-0.39, 0.29) is 43.1 Å². The fourth-order valence-electron chi connectivity index (χ4n) is 2.49. The highest BCUT2D eigenvalue weighted by molar-refractivity contribution is 5.76. The number of carbonyl (C=O) groups excluding carboxylic acids is 2. The van der Waals surface area contributed by atoms with Crippen LogP contribution in [0.25, 0.3) is 0 Å². The van der Waals surface area contributed by atoms with Crippen LogP contribution in [0.15, 0.2) is 25.3 Å². The van der Waals surface area contributed by atoms with Crippen molar-refractivity contribution in [2.45, 2.75) is 64.2 Å². The van der Waals surface area contributed by atoms with Crippen LogP contribution in [0, 0.1) is 0 Å². The molecule has 27 heavy (non-hydrogen) atoms. The number of hydrogen-bond acceptors (Lipinski definition) is 4. The molecule has 0 saturated carbocycles. The van der Waals surface area contributed by atoms with Gasteiger partial charge in [-0.2, -0.15) is 0 Å². The van der Waals surface area contributed by atoms with Gasteiger partial charge in [0.25, 0.3) is 0 Å². The molecule has 7 nitrogen and oxygen atoms in total. The average Bonchev–Trinajstić information content (AvgIpc) is 2.68. The Balaban J connectivity index is 4.14. The summed E-state index contributed by atoms with van der Waals surface area (Å²) in [6, 6.07) is 0. The predicted molar refractivity (Wildman–Crippen MR) is 107 cm³/mol. The number of hydrogen-bond donors (Lipinski definition) is 4. The lowest BCUT2D eigenvalue weighted by Crippen LogP contribution is -2.59. The maximum absolute atomic E-state index is 11.9. The van der Waals surface area contributed by atoms with Crippen molar-refractivity contribution in [3.63, 3.8) is 0 Å². The molecule has 0 unspecified atom stereocenters. The molecule has 0 atom stereocenters. The highest BCUT2D eigenvalue weighted by Gasteiger charge is 2.26. The Labute approximate surface area is 163 Å². The van der Waals surface area contributed by atoms with E-state index in [1.54, 1.807) is 0 Å². The van der Waals surface area contributed by atoms with E-state index < -0.39 is 0 Å². The van der Waals surface area contributed by atoms with Gasteiger partial charge in [0.2, 0.25) is 11.8 Å². The van der Waals surface area contributed by atoms with Crippen molar-refractivity contribution in [1.29, 1.82) is 0 Å². The highest BCUT2D eigenvalue weighted by Crippen LogP contribution is 2.06. The number of unbranched alkanes of at least 4 members (excludes halogenated alkanes) is 6. The third-order valence-electron chi connectivity index (χ3n) is 4.45. The minimum atomic E-state index is -0.379. The third kappa shape index (κ3) is 13.2. The predicted octanol–water partition coefficient (Wildman–Crippen LogP) is 2.12. The Hall–Kier alpha value is -1.70. The van der Waals surface area contributed by atoms with E-state index in [1.165, 1.54) is 0 Å². The zero-order valence-corrected chi connectivity index (χ0v) is 16.6. The molecule has 0 heterocycles. The van der Waals surface area contributed by atoms with E-state index in [0.717, 1.165) is 51.4 Å². The Morgan fingerprint density at radius 3 is 1.48 bits per heavy atom. The van der Waals surface area contributed by atoms with Gasteiger partial charge in [0, 0.05) is 12.8 Å². The summed E-state index contributed by atoms with van der Waals surface area (Å²) in [4.78, 5) is 23.8. The number of allylic oxidation sites excluding steroid dienone is 2. The van der Waals surface area contributed by atoms with E-state index >= 15 is 0 Å².